The van der Waals surface area contributed by atoms with Crippen molar-refractivity contribution >= 4 is 27.5 Å². The lowest BCUT2D eigenvalue weighted by atomic mass is 9.97. The molecule has 0 saturated carbocycles. The lowest BCUT2D eigenvalue weighted by molar-refractivity contribution is -0.126. The van der Waals surface area contributed by atoms with Gasteiger partial charge in [0.1, 0.15) is 17.3 Å². The van der Waals surface area contributed by atoms with Crippen LogP contribution in [0.4, 0.5) is 10.1 Å². The average molecular weight is 500 g/mol. The molecule has 0 atom stereocenters. The van der Waals surface area contributed by atoms with Crippen molar-refractivity contribution in [2.45, 2.75) is 30.8 Å². The summed E-state index contributed by atoms with van der Waals surface area (Å²) in [6.07, 6.45) is 4.00. The zero-order valence-corrected chi connectivity index (χ0v) is 19.7. The predicted octanol–water partition coefficient (Wildman–Crippen LogP) is 2.38. The van der Waals surface area contributed by atoms with Gasteiger partial charge in [-0.3, -0.25) is 14.3 Å². The number of carbonyl (C=O) groups is 2. The summed E-state index contributed by atoms with van der Waals surface area (Å²) in [6, 6.07) is 14.2. The average Bonchev–Trinajstić information content (AvgIpc) is 3.36. The Labute approximate surface area is 203 Å². The monoisotopic (exact) mass is 499 g/mol. The second-order valence-corrected chi connectivity index (χ2v) is 10.2. The van der Waals surface area contributed by atoms with Crippen molar-refractivity contribution in [1.29, 1.82) is 0 Å². The first-order valence-corrected chi connectivity index (χ1v) is 12.7. The molecule has 2 N–H and O–H groups in total. The van der Waals surface area contributed by atoms with Crippen molar-refractivity contribution in [1.82, 2.24) is 19.4 Å². The van der Waals surface area contributed by atoms with Crippen LogP contribution in [0.15, 0.2) is 71.9 Å². The number of carbonyl (C=O) groups excluding carboxylic acids is 2. The first-order valence-electron chi connectivity index (χ1n) is 11.2. The van der Waals surface area contributed by atoms with Gasteiger partial charge in [0.2, 0.25) is 21.8 Å². The Morgan fingerprint density at radius 2 is 1.83 bits per heavy atom. The number of piperidine rings is 1. The number of nitrogens with zero attached hydrogens (tertiary/aromatic N) is 3. The van der Waals surface area contributed by atoms with Gasteiger partial charge in [0.05, 0.1) is 0 Å². The van der Waals surface area contributed by atoms with Crippen LogP contribution in [0.2, 0.25) is 0 Å². The van der Waals surface area contributed by atoms with E-state index in [0.29, 0.717) is 18.5 Å². The summed E-state index contributed by atoms with van der Waals surface area (Å²) in [5, 5.41) is 9.69. The Morgan fingerprint density at radius 1 is 1.06 bits per heavy atom. The van der Waals surface area contributed by atoms with Gasteiger partial charge >= 0.3 is 0 Å². The Morgan fingerprint density at radius 3 is 2.54 bits per heavy atom. The highest BCUT2D eigenvalue weighted by Gasteiger charge is 2.33. The molecule has 0 bridgehead atoms. The number of nitrogens with one attached hydrogen (secondary N) is 2. The molecule has 11 heteroatoms. The lowest BCUT2D eigenvalue weighted by Gasteiger charge is -2.30. The van der Waals surface area contributed by atoms with Crippen molar-refractivity contribution < 1.29 is 22.4 Å². The van der Waals surface area contributed by atoms with Gasteiger partial charge in [-0.15, -0.1) is 0 Å². The third-order valence-electron chi connectivity index (χ3n) is 5.82. The summed E-state index contributed by atoms with van der Waals surface area (Å²) in [5.41, 5.74) is 1.43. The molecule has 4 rings (SSSR count). The molecule has 35 heavy (non-hydrogen) atoms. The minimum atomic E-state index is -3.94. The Hall–Kier alpha value is -3.57. The molecule has 1 aliphatic heterocycles. The molecule has 0 radical (unpaired) electrons. The van der Waals surface area contributed by atoms with Gasteiger partial charge < -0.3 is 10.6 Å². The van der Waals surface area contributed by atoms with Crippen LogP contribution in [-0.2, 0) is 32.7 Å². The molecule has 2 heterocycles. The first-order chi connectivity index (χ1) is 16.8. The second kappa shape index (κ2) is 10.8. The molecule has 1 aromatic heterocycles. The van der Waals surface area contributed by atoms with Crippen molar-refractivity contribution in [2.24, 2.45) is 5.92 Å². The van der Waals surface area contributed by atoms with Gasteiger partial charge in [-0.25, -0.2) is 12.8 Å². The third kappa shape index (κ3) is 6.11. The minimum Gasteiger partial charge on any atom is -0.352 e. The highest BCUT2D eigenvalue weighted by Crippen LogP contribution is 2.25. The Bertz CT molecular complexity index is 1290. The Kier molecular flexibility index (Phi) is 7.57. The van der Waals surface area contributed by atoms with Crippen molar-refractivity contribution in [3.8, 4) is 0 Å². The third-order valence-corrected chi connectivity index (χ3v) is 7.75. The summed E-state index contributed by atoms with van der Waals surface area (Å²) in [5.74, 6) is -1.50. The molecule has 9 nitrogen and oxygen atoms in total. The number of benzene rings is 2. The van der Waals surface area contributed by atoms with Crippen LogP contribution in [0.3, 0.4) is 0 Å². The summed E-state index contributed by atoms with van der Waals surface area (Å²) in [6.45, 7) is 0.660. The fraction of sp³-hybridized carbons (Fsp3) is 0.292. The van der Waals surface area contributed by atoms with E-state index in [1.807, 2.05) is 6.07 Å². The van der Waals surface area contributed by atoms with Crippen LogP contribution >= 0.6 is 0 Å². The van der Waals surface area contributed by atoms with Crippen LogP contribution in [0, 0.1) is 11.7 Å². The number of anilines is 1. The normalized spacial score (nSPS) is 15.0. The lowest BCUT2D eigenvalue weighted by Crippen LogP contribution is -2.43. The molecule has 2 amide bonds. The maximum atomic E-state index is 14.0. The molecule has 0 unspecified atom stereocenters. The van der Waals surface area contributed by atoms with Gasteiger partial charge in [-0.2, -0.15) is 9.40 Å². The smallest absolute Gasteiger partial charge is 0.246 e. The highest BCUT2D eigenvalue weighted by atomic mass is 32.2. The van der Waals surface area contributed by atoms with E-state index in [2.05, 4.69) is 15.7 Å². The van der Waals surface area contributed by atoms with Gasteiger partial charge in [-0.1, -0.05) is 24.3 Å². The number of hydrogen-bond donors (Lipinski definition) is 2. The van der Waals surface area contributed by atoms with E-state index in [9.17, 15) is 22.4 Å². The molecular weight excluding hydrogens is 473 g/mol. The molecule has 2 aromatic carbocycles. The zero-order chi connectivity index (χ0) is 24.8. The summed E-state index contributed by atoms with van der Waals surface area (Å²) in [4.78, 5) is 24.5. The molecular formula is C24H26FN5O4S. The minimum absolute atomic E-state index is 0.0965. The van der Waals surface area contributed by atoms with Crippen LogP contribution in [-0.4, -0.2) is 47.4 Å². The SMILES string of the molecule is O=C(Cn1cccn1)Nc1cccc(CNC(=O)C2CCN(S(=O)(=O)c3ccccc3F)CC2)c1. The van der Waals surface area contributed by atoms with Crippen LogP contribution in [0.5, 0.6) is 0 Å². The van der Waals surface area contributed by atoms with Gasteiger partial charge in [-0.05, 0) is 48.7 Å². The highest BCUT2D eigenvalue weighted by molar-refractivity contribution is 7.89. The molecule has 0 spiro atoms. The maximum absolute atomic E-state index is 14.0. The van der Waals surface area contributed by atoms with Gasteiger partial charge in [0, 0.05) is 43.6 Å². The van der Waals surface area contributed by atoms with Crippen molar-refractivity contribution in [3.63, 3.8) is 0 Å². The van der Waals surface area contributed by atoms with E-state index >= 15 is 0 Å². The van der Waals surface area contributed by atoms with Gasteiger partial charge in [0.25, 0.3) is 0 Å². The molecule has 1 aliphatic rings. The van der Waals surface area contributed by atoms with E-state index in [4.69, 9.17) is 0 Å². The molecule has 184 valence electrons. The number of aromatic nitrogens is 2. The number of halogens is 1. The summed E-state index contributed by atoms with van der Waals surface area (Å²) < 4.78 is 42.2. The maximum Gasteiger partial charge on any atom is 0.246 e. The van der Waals surface area contributed by atoms with E-state index < -0.39 is 15.8 Å². The number of amides is 2. The van der Waals surface area contributed by atoms with E-state index in [0.717, 1.165) is 11.6 Å². The quantitative estimate of drug-likeness (QED) is 0.494. The van der Waals surface area contributed by atoms with Crippen LogP contribution in [0.25, 0.3) is 0 Å². The van der Waals surface area contributed by atoms with E-state index in [1.54, 1.807) is 36.7 Å². The fourth-order valence-electron chi connectivity index (χ4n) is 3.99. The number of rotatable bonds is 8. The predicted molar refractivity (Wildman–Crippen MR) is 127 cm³/mol. The molecule has 0 aliphatic carbocycles. The Balaban J connectivity index is 1.27. The van der Waals surface area contributed by atoms with Crippen molar-refractivity contribution in [2.75, 3.05) is 18.4 Å². The van der Waals surface area contributed by atoms with Gasteiger partial charge in [0.15, 0.2) is 0 Å². The summed E-state index contributed by atoms with van der Waals surface area (Å²) in [7, 11) is -3.94. The van der Waals surface area contributed by atoms with Crippen LogP contribution < -0.4 is 10.6 Å². The van der Waals surface area contributed by atoms with E-state index in [-0.39, 0.29) is 48.8 Å². The largest absolute Gasteiger partial charge is 0.352 e. The zero-order valence-electron chi connectivity index (χ0n) is 18.9. The fourth-order valence-corrected chi connectivity index (χ4v) is 5.52. The number of hydrogen-bond acceptors (Lipinski definition) is 5. The molecule has 1 saturated heterocycles. The first kappa shape index (κ1) is 24.6. The second-order valence-electron chi connectivity index (χ2n) is 8.28. The number of sulfonamides is 1. The molecule has 1 fully saturated rings. The topological polar surface area (TPSA) is 113 Å². The van der Waals surface area contributed by atoms with E-state index in [1.165, 1.54) is 27.2 Å². The molecule has 3 aromatic rings. The van der Waals surface area contributed by atoms with Crippen LogP contribution in [0.1, 0.15) is 18.4 Å². The standard InChI is InChI=1S/C24H26FN5O4S/c25-21-7-1-2-8-22(21)35(33,34)30-13-9-19(10-14-30)24(32)26-16-18-5-3-6-20(15-18)28-23(31)17-29-12-4-11-27-29/h1-8,11-12,15,19H,9-10,13-14,16-17H2,(H,26,32)(H,28,31). The summed E-state index contributed by atoms with van der Waals surface area (Å²) >= 11 is 0. The van der Waals surface area contributed by atoms with Crippen molar-refractivity contribution in [3.05, 3.63) is 78.4 Å².